The quantitative estimate of drug-likeness (QED) is 0.884. The molecule has 1 aliphatic heterocycles. The van der Waals surface area contributed by atoms with Crippen LogP contribution in [0.5, 0.6) is 0 Å². The standard InChI is InChI=1S/C17H22N2O3.ClH/c20-16(11-19-8-2-5-14(10-19)17(21)22)18-15-7-6-12-3-1-4-13(12)9-15;/h6-7,9,14H,1-5,8,10-11H2,(H,18,20)(H,21,22);1H. The highest BCUT2D eigenvalue weighted by Gasteiger charge is 2.26. The van der Waals surface area contributed by atoms with Crippen LogP contribution in [0.3, 0.4) is 0 Å². The van der Waals surface area contributed by atoms with Crippen LogP contribution in [0.15, 0.2) is 18.2 Å². The molecule has 1 fully saturated rings. The third kappa shape index (κ3) is 4.45. The summed E-state index contributed by atoms with van der Waals surface area (Å²) < 4.78 is 0. The Bertz CT molecular complexity index is 591. The Labute approximate surface area is 142 Å². The van der Waals surface area contributed by atoms with E-state index in [0.29, 0.717) is 13.0 Å². The van der Waals surface area contributed by atoms with Crippen LogP contribution in [0, 0.1) is 5.92 Å². The van der Waals surface area contributed by atoms with E-state index in [1.165, 1.54) is 17.5 Å². The number of carboxylic acids is 1. The second-order valence-corrected chi connectivity index (χ2v) is 6.30. The van der Waals surface area contributed by atoms with Gasteiger partial charge in [0.2, 0.25) is 5.91 Å². The van der Waals surface area contributed by atoms with Crippen molar-refractivity contribution in [3.63, 3.8) is 0 Å². The summed E-state index contributed by atoms with van der Waals surface area (Å²) in [6, 6.07) is 6.12. The smallest absolute Gasteiger partial charge is 0.307 e. The maximum atomic E-state index is 12.2. The number of carbonyl (C=O) groups excluding carboxylic acids is 1. The third-order valence-electron chi connectivity index (χ3n) is 4.60. The van der Waals surface area contributed by atoms with Crippen molar-refractivity contribution in [1.29, 1.82) is 0 Å². The van der Waals surface area contributed by atoms with Crippen LogP contribution in [0.1, 0.15) is 30.4 Å². The largest absolute Gasteiger partial charge is 0.481 e. The van der Waals surface area contributed by atoms with E-state index in [9.17, 15) is 9.59 Å². The number of hydrogen-bond donors (Lipinski definition) is 2. The van der Waals surface area contributed by atoms with E-state index in [1.807, 2.05) is 11.0 Å². The molecule has 0 saturated carbocycles. The van der Waals surface area contributed by atoms with Crippen molar-refractivity contribution in [2.75, 3.05) is 25.0 Å². The number of anilines is 1. The van der Waals surface area contributed by atoms with E-state index in [0.717, 1.165) is 31.5 Å². The van der Waals surface area contributed by atoms with Crippen molar-refractivity contribution in [3.8, 4) is 0 Å². The number of hydrogen-bond acceptors (Lipinski definition) is 3. The Morgan fingerprint density at radius 1 is 1.22 bits per heavy atom. The molecule has 1 unspecified atom stereocenters. The molecule has 2 aliphatic rings. The second-order valence-electron chi connectivity index (χ2n) is 6.30. The number of carboxylic acid groups (broad SMARTS) is 1. The Hall–Kier alpha value is -1.59. The van der Waals surface area contributed by atoms with Gasteiger partial charge in [-0.2, -0.15) is 0 Å². The fourth-order valence-corrected chi connectivity index (χ4v) is 3.45. The number of piperidine rings is 1. The maximum Gasteiger partial charge on any atom is 0.307 e. The normalized spacial score (nSPS) is 20.4. The van der Waals surface area contributed by atoms with Gasteiger partial charge in [-0.3, -0.25) is 14.5 Å². The highest BCUT2D eigenvalue weighted by Crippen LogP contribution is 2.25. The number of amides is 1. The van der Waals surface area contributed by atoms with E-state index in [1.54, 1.807) is 0 Å². The number of benzene rings is 1. The minimum absolute atomic E-state index is 0. The number of halogens is 1. The minimum atomic E-state index is -0.760. The van der Waals surface area contributed by atoms with E-state index < -0.39 is 5.97 Å². The van der Waals surface area contributed by atoms with Gasteiger partial charge in [-0.05, 0) is 61.9 Å². The first-order valence-corrected chi connectivity index (χ1v) is 7.98. The van der Waals surface area contributed by atoms with E-state index >= 15 is 0 Å². The van der Waals surface area contributed by atoms with E-state index in [-0.39, 0.29) is 30.8 Å². The average Bonchev–Trinajstić information content (AvgIpc) is 2.95. The van der Waals surface area contributed by atoms with Gasteiger partial charge in [-0.1, -0.05) is 6.07 Å². The summed E-state index contributed by atoms with van der Waals surface area (Å²) in [5.74, 6) is -1.17. The fourth-order valence-electron chi connectivity index (χ4n) is 3.45. The van der Waals surface area contributed by atoms with Crippen LogP contribution in [0.4, 0.5) is 5.69 Å². The molecule has 6 heteroatoms. The molecule has 1 heterocycles. The molecule has 1 atom stereocenters. The number of aryl methyl sites for hydroxylation is 2. The molecule has 23 heavy (non-hydrogen) atoms. The molecule has 1 amide bonds. The van der Waals surface area contributed by atoms with Gasteiger partial charge >= 0.3 is 5.97 Å². The van der Waals surface area contributed by atoms with Gasteiger partial charge in [0.15, 0.2) is 0 Å². The monoisotopic (exact) mass is 338 g/mol. The summed E-state index contributed by atoms with van der Waals surface area (Å²) in [6.45, 7) is 1.52. The molecule has 2 N–H and O–H groups in total. The zero-order chi connectivity index (χ0) is 15.5. The summed E-state index contributed by atoms with van der Waals surface area (Å²) in [6.07, 6.45) is 4.96. The first kappa shape index (κ1) is 17.8. The first-order valence-electron chi connectivity index (χ1n) is 7.98. The van der Waals surface area contributed by atoms with Crippen LogP contribution in [0.2, 0.25) is 0 Å². The van der Waals surface area contributed by atoms with Gasteiger partial charge in [0.25, 0.3) is 0 Å². The van der Waals surface area contributed by atoms with Crippen LogP contribution in [-0.2, 0) is 22.4 Å². The topological polar surface area (TPSA) is 69.6 Å². The van der Waals surface area contributed by atoms with E-state index in [4.69, 9.17) is 5.11 Å². The minimum Gasteiger partial charge on any atom is -0.481 e. The maximum absolute atomic E-state index is 12.2. The summed E-state index contributed by atoms with van der Waals surface area (Å²) >= 11 is 0. The Balaban J connectivity index is 0.00000192. The lowest BCUT2D eigenvalue weighted by Crippen LogP contribution is -2.42. The molecule has 126 valence electrons. The van der Waals surface area contributed by atoms with Crippen molar-refractivity contribution < 1.29 is 14.7 Å². The third-order valence-corrected chi connectivity index (χ3v) is 4.60. The molecule has 0 aromatic heterocycles. The summed E-state index contributed by atoms with van der Waals surface area (Å²) in [5, 5.41) is 12.0. The lowest BCUT2D eigenvalue weighted by atomic mass is 9.98. The molecule has 1 aromatic rings. The SMILES string of the molecule is Cl.O=C(CN1CCCC(C(=O)O)C1)Nc1ccc2c(c1)CCC2. The molecule has 1 aromatic carbocycles. The number of likely N-dealkylation sites (tertiary alicyclic amines) is 1. The number of fused-ring (bicyclic) bond motifs is 1. The van der Waals surface area contributed by atoms with Gasteiger partial charge in [0.1, 0.15) is 0 Å². The summed E-state index contributed by atoms with van der Waals surface area (Å²) in [4.78, 5) is 25.2. The number of rotatable bonds is 4. The average molecular weight is 339 g/mol. The molecule has 0 spiro atoms. The fraction of sp³-hybridized carbons (Fsp3) is 0.529. The van der Waals surface area contributed by atoms with Crippen LogP contribution < -0.4 is 5.32 Å². The van der Waals surface area contributed by atoms with Gasteiger partial charge in [0.05, 0.1) is 12.5 Å². The zero-order valence-electron chi connectivity index (χ0n) is 13.1. The van der Waals surface area contributed by atoms with Gasteiger partial charge in [0, 0.05) is 12.2 Å². The van der Waals surface area contributed by atoms with Crippen molar-refractivity contribution in [2.45, 2.75) is 32.1 Å². The van der Waals surface area contributed by atoms with Crippen LogP contribution >= 0.6 is 12.4 Å². The Morgan fingerprint density at radius 3 is 2.78 bits per heavy atom. The molecule has 1 saturated heterocycles. The predicted molar refractivity (Wildman–Crippen MR) is 91.1 cm³/mol. The van der Waals surface area contributed by atoms with Crippen LogP contribution in [0.25, 0.3) is 0 Å². The second kappa shape index (κ2) is 7.79. The molecule has 5 nitrogen and oxygen atoms in total. The van der Waals surface area contributed by atoms with E-state index in [2.05, 4.69) is 17.4 Å². The van der Waals surface area contributed by atoms with Crippen LogP contribution in [-0.4, -0.2) is 41.5 Å². The number of aliphatic carboxylic acids is 1. The predicted octanol–water partition coefficient (Wildman–Crippen LogP) is 2.33. The zero-order valence-corrected chi connectivity index (χ0v) is 13.9. The lowest BCUT2D eigenvalue weighted by Gasteiger charge is -2.29. The Morgan fingerprint density at radius 2 is 2.00 bits per heavy atom. The van der Waals surface area contributed by atoms with Crippen molar-refractivity contribution in [2.24, 2.45) is 5.92 Å². The first-order chi connectivity index (χ1) is 10.6. The number of nitrogens with one attached hydrogen (secondary N) is 1. The highest BCUT2D eigenvalue weighted by molar-refractivity contribution is 5.92. The molecule has 1 aliphatic carbocycles. The molecular formula is C17H23ClN2O3. The summed E-state index contributed by atoms with van der Waals surface area (Å²) in [7, 11) is 0. The Kier molecular flexibility index (Phi) is 6.02. The molecule has 0 bridgehead atoms. The number of carbonyl (C=O) groups is 2. The number of nitrogens with zero attached hydrogens (tertiary/aromatic N) is 1. The van der Waals surface area contributed by atoms with Crippen molar-refractivity contribution in [3.05, 3.63) is 29.3 Å². The molecular weight excluding hydrogens is 316 g/mol. The molecule has 3 rings (SSSR count). The van der Waals surface area contributed by atoms with Gasteiger partial charge < -0.3 is 10.4 Å². The summed E-state index contributed by atoms with van der Waals surface area (Å²) in [5.41, 5.74) is 3.57. The van der Waals surface area contributed by atoms with Crippen molar-refractivity contribution in [1.82, 2.24) is 4.90 Å². The molecule has 0 radical (unpaired) electrons. The van der Waals surface area contributed by atoms with Gasteiger partial charge in [-0.25, -0.2) is 0 Å². The highest BCUT2D eigenvalue weighted by atomic mass is 35.5. The van der Waals surface area contributed by atoms with Gasteiger partial charge in [-0.15, -0.1) is 12.4 Å². The van der Waals surface area contributed by atoms with Crippen molar-refractivity contribution >= 4 is 30.0 Å². The lowest BCUT2D eigenvalue weighted by molar-refractivity contribution is -0.144.